The molecule has 2 aromatic rings. The number of rotatable bonds is 5. The molecule has 3 rings (SSSR count). The van der Waals surface area contributed by atoms with E-state index < -0.39 is 0 Å². The molecule has 1 fully saturated rings. The minimum absolute atomic E-state index is 0.559. The Kier molecular flexibility index (Phi) is 3.13. The van der Waals surface area contributed by atoms with Crippen molar-refractivity contribution >= 4 is 11.0 Å². The molecule has 0 radical (unpaired) electrons. The molecule has 0 bridgehead atoms. The highest BCUT2D eigenvalue weighted by atomic mass is 16.3. The van der Waals surface area contributed by atoms with Gasteiger partial charge in [0.05, 0.1) is 6.26 Å². The SMILES string of the molecule is CCC(C)c1cccc2c(CNC3CC3)coc12. The van der Waals surface area contributed by atoms with Crippen LogP contribution in [0.3, 0.4) is 0 Å². The van der Waals surface area contributed by atoms with Crippen molar-refractivity contribution in [1.29, 1.82) is 0 Å². The van der Waals surface area contributed by atoms with Crippen LogP contribution in [0.1, 0.15) is 50.2 Å². The van der Waals surface area contributed by atoms with Gasteiger partial charge in [-0.1, -0.05) is 32.0 Å². The second-order valence-corrected chi connectivity index (χ2v) is 5.45. The number of benzene rings is 1. The zero-order valence-corrected chi connectivity index (χ0v) is 11.2. The predicted octanol–water partition coefficient (Wildman–Crippen LogP) is 4.20. The maximum absolute atomic E-state index is 5.82. The van der Waals surface area contributed by atoms with Gasteiger partial charge in [-0.05, 0) is 30.7 Å². The van der Waals surface area contributed by atoms with Gasteiger partial charge in [0.25, 0.3) is 0 Å². The fourth-order valence-corrected chi connectivity index (χ4v) is 2.42. The van der Waals surface area contributed by atoms with E-state index in [0.717, 1.165) is 24.6 Å². The largest absolute Gasteiger partial charge is 0.464 e. The molecule has 2 nitrogen and oxygen atoms in total. The number of furan rings is 1. The number of nitrogens with one attached hydrogen (secondary N) is 1. The lowest BCUT2D eigenvalue weighted by Crippen LogP contribution is -2.14. The zero-order chi connectivity index (χ0) is 12.5. The fourth-order valence-electron chi connectivity index (χ4n) is 2.42. The minimum Gasteiger partial charge on any atom is -0.464 e. The van der Waals surface area contributed by atoms with Crippen LogP contribution >= 0.6 is 0 Å². The molecule has 1 saturated carbocycles. The average molecular weight is 243 g/mol. The third-order valence-electron chi connectivity index (χ3n) is 4.01. The molecule has 1 aliphatic rings. The fraction of sp³-hybridized carbons (Fsp3) is 0.500. The van der Waals surface area contributed by atoms with Crippen LogP contribution in [0.25, 0.3) is 11.0 Å². The van der Waals surface area contributed by atoms with Crippen molar-refractivity contribution in [2.45, 2.75) is 51.6 Å². The molecule has 1 aromatic carbocycles. The van der Waals surface area contributed by atoms with Gasteiger partial charge >= 0.3 is 0 Å². The van der Waals surface area contributed by atoms with Gasteiger partial charge in [0, 0.05) is 23.5 Å². The van der Waals surface area contributed by atoms with Gasteiger partial charge in [-0.3, -0.25) is 0 Å². The van der Waals surface area contributed by atoms with Crippen molar-refractivity contribution in [2.75, 3.05) is 0 Å². The molecule has 1 unspecified atom stereocenters. The summed E-state index contributed by atoms with van der Waals surface area (Å²) in [5.41, 5.74) is 3.72. The van der Waals surface area contributed by atoms with Crippen molar-refractivity contribution in [3.63, 3.8) is 0 Å². The maximum Gasteiger partial charge on any atom is 0.137 e. The van der Waals surface area contributed by atoms with Crippen LogP contribution in [-0.2, 0) is 6.54 Å². The van der Waals surface area contributed by atoms with Crippen molar-refractivity contribution in [2.24, 2.45) is 0 Å². The second-order valence-electron chi connectivity index (χ2n) is 5.45. The lowest BCUT2D eigenvalue weighted by atomic mass is 9.96. The van der Waals surface area contributed by atoms with E-state index in [0.29, 0.717) is 5.92 Å². The molecule has 0 saturated heterocycles. The third kappa shape index (κ3) is 2.17. The molecule has 1 N–H and O–H groups in total. The molecule has 0 spiro atoms. The number of fused-ring (bicyclic) bond motifs is 1. The Bertz CT molecular complexity index is 539. The van der Waals surface area contributed by atoms with Gasteiger partial charge in [-0.2, -0.15) is 0 Å². The Hall–Kier alpha value is -1.28. The van der Waals surface area contributed by atoms with Crippen LogP contribution in [0.4, 0.5) is 0 Å². The van der Waals surface area contributed by atoms with E-state index in [1.807, 2.05) is 6.26 Å². The van der Waals surface area contributed by atoms with Crippen LogP contribution in [0, 0.1) is 0 Å². The highest BCUT2D eigenvalue weighted by Gasteiger charge is 2.21. The Labute approximate surface area is 108 Å². The minimum atomic E-state index is 0.559. The van der Waals surface area contributed by atoms with Crippen LogP contribution in [0.5, 0.6) is 0 Å². The molecular formula is C16H21NO. The maximum atomic E-state index is 5.82. The van der Waals surface area contributed by atoms with E-state index in [9.17, 15) is 0 Å². The second kappa shape index (κ2) is 4.77. The zero-order valence-electron chi connectivity index (χ0n) is 11.2. The van der Waals surface area contributed by atoms with E-state index in [4.69, 9.17) is 4.42 Å². The van der Waals surface area contributed by atoms with E-state index >= 15 is 0 Å². The number of hydrogen-bond donors (Lipinski definition) is 1. The summed E-state index contributed by atoms with van der Waals surface area (Å²) < 4.78 is 5.82. The van der Waals surface area contributed by atoms with Gasteiger partial charge in [-0.25, -0.2) is 0 Å². The molecule has 1 atom stereocenters. The van der Waals surface area contributed by atoms with Gasteiger partial charge < -0.3 is 9.73 Å². The molecule has 0 amide bonds. The smallest absolute Gasteiger partial charge is 0.137 e. The Morgan fingerprint density at radius 3 is 2.94 bits per heavy atom. The molecule has 1 aliphatic carbocycles. The van der Waals surface area contributed by atoms with Crippen molar-refractivity contribution in [3.05, 3.63) is 35.6 Å². The van der Waals surface area contributed by atoms with Crippen molar-refractivity contribution < 1.29 is 4.42 Å². The Balaban J connectivity index is 1.92. The molecule has 0 aliphatic heterocycles. The molecule has 18 heavy (non-hydrogen) atoms. The summed E-state index contributed by atoms with van der Waals surface area (Å²) in [5, 5.41) is 4.83. The van der Waals surface area contributed by atoms with Crippen LogP contribution in [-0.4, -0.2) is 6.04 Å². The summed E-state index contributed by atoms with van der Waals surface area (Å²) in [6.07, 6.45) is 5.73. The van der Waals surface area contributed by atoms with E-state index in [-0.39, 0.29) is 0 Å². The monoisotopic (exact) mass is 243 g/mol. The van der Waals surface area contributed by atoms with Crippen molar-refractivity contribution in [1.82, 2.24) is 5.32 Å². The predicted molar refractivity (Wildman–Crippen MR) is 74.8 cm³/mol. The normalized spacial score (nSPS) is 17.2. The lowest BCUT2D eigenvalue weighted by molar-refractivity contribution is 0.591. The summed E-state index contributed by atoms with van der Waals surface area (Å²) in [5.74, 6) is 0.559. The third-order valence-corrected chi connectivity index (χ3v) is 4.01. The Morgan fingerprint density at radius 1 is 1.39 bits per heavy atom. The topological polar surface area (TPSA) is 25.2 Å². The average Bonchev–Trinajstić information content (AvgIpc) is 3.14. The quantitative estimate of drug-likeness (QED) is 0.851. The first kappa shape index (κ1) is 11.8. The number of para-hydroxylation sites is 1. The summed E-state index contributed by atoms with van der Waals surface area (Å²) >= 11 is 0. The molecular weight excluding hydrogens is 222 g/mol. The van der Waals surface area contributed by atoms with Crippen LogP contribution < -0.4 is 5.32 Å². The summed E-state index contributed by atoms with van der Waals surface area (Å²) in [4.78, 5) is 0. The highest BCUT2D eigenvalue weighted by molar-refractivity contribution is 5.84. The first-order valence-corrected chi connectivity index (χ1v) is 7.02. The van der Waals surface area contributed by atoms with E-state index in [1.165, 1.54) is 29.4 Å². The van der Waals surface area contributed by atoms with Gasteiger partial charge in [-0.15, -0.1) is 0 Å². The molecule has 1 aromatic heterocycles. The molecule has 1 heterocycles. The van der Waals surface area contributed by atoms with Gasteiger partial charge in [0.15, 0.2) is 0 Å². The number of hydrogen-bond acceptors (Lipinski definition) is 2. The van der Waals surface area contributed by atoms with Crippen molar-refractivity contribution in [3.8, 4) is 0 Å². The summed E-state index contributed by atoms with van der Waals surface area (Å²) in [7, 11) is 0. The highest BCUT2D eigenvalue weighted by Crippen LogP contribution is 2.31. The van der Waals surface area contributed by atoms with Gasteiger partial charge in [0.1, 0.15) is 5.58 Å². The first-order chi connectivity index (χ1) is 8.79. The lowest BCUT2D eigenvalue weighted by Gasteiger charge is -2.09. The van der Waals surface area contributed by atoms with E-state index in [2.05, 4.69) is 37.4 Å². The molecule has 96 valence electrons. The Morgan fingerprint density at radius 2 is 2.22 bits per heavy atom. The van der Waals surface area contributed by atoms with Crippen LogP contribution in [0.15, 0.2) is 28.9 Å². The molecule has 2 heteroatoms. The first-order valence-electron chi connectivity index (χ1n) is 7.02. The van der Waals surface area contributed by atoms with E-state index in [1.54, 1.807) is 0 Å². The standard InChI is InChI=1S/C16H21NO/c1-3-11(2)14-5-4-6-15-12(10-18-16(14)15)9-17-13-7-8-13/h4-6,10-11,13,17H,3,7-9H2,1-2H3. The van der Waals surface area contributed by atoms with Gasteiger partial charge in [0.2, 0.25) is 0 Å². The van der Waals surface area contributed by atoms with Crippen LogP contribution in [0.2, 0.25) is 0 Å². The summed E-state index contributed by atoms with van der Waals surface area (Å²) in [6, 6.07) is 7.26. The summed E-state index contributed by atoms with van der Waals surface area (Å²) in [6.45, 7) is 5.42.